The van der Waals surface area contributed by atoms with Crippen molar-refractivity contribution in [1.29, 1.82) is 0 Å². The molecule has 0 amide bonds. The van der Waals surface area contributed by atoms with Crippen LogP contribution in [0.25, 0.3) is 0 Å². The van der Waals surface area contributed by atoms with Crippen LogP contribution in [0.3, 0.4) is 0 Å². The Bertz CT molecular complexity index is 374. The van der Waals surface area contributed by atoms with Crippen molar-refractivity contribution >= 4 is 11.8 Å². The Morgan fingerprint density at radius 3 is 2.82 bits per heavy atom. The molecule has 0 aliphatic heterocycles. The van der Waals surface area contributed by atoms with Gasteiger partial charge in [0, 0.05) is 11.3 Å². The summed E-state index contributed by atoms with van der Waals surface area (Å²) in [5.41, 5.74) is 0.441. The van der Waals surface area contributed by atoms with Gasteiger partial charge in [0.25, 0.3) is 0 Å². The lowest BCUT2D eigenvalue weighted by atomic mass is 9.75. The second-order valence-corrected chi connectivity index (χ2v) is 6.87. The molecule has 0 spiro atoms. The van der Waals surface area contributed by atoms with Crippen molar-refractivity contribution in [1.82, 2.24) is 20.5 Å². The average Bonchev–Trinajstić information content (AvgIpc) is 2.63. The third kappa shape index (κ3) is 3.22. The number of H-pyrrole nitrogens is 1. The van der Waals surface area contributed by atoms with Gasteiger partial charge in [-0.15, -0.1) is 5.10 Å². The first-order chi connectivity index (χ1) is 8.00. The molecule has 1 aromatic heterocycles. The van der Waals surface area contributed by atoms with Crippen LogP contribution < -0.4 is 5.32 Å². The summed E-state index contributed by atoms with van der Waals surface area (Å²) in [7, 11) is 2.06. The first-order valence-electron chi connectivity index (χ1n) is 6.23. The standard InChI is InChI=1S/C12H22N4S/c1-8-14-11(16-15-8)17-10-7-12(2,3)6-5-9(10)13-4/h9-10,13H,5-7H2,1-4H3,(H,14,15,16). The minimum atomic E-state index is 0.441. The van der Waals surface area contributed by atoms with Crippen molar-refractivity contribution in [3.05, 3.63) is 5.82 Å². The van der Waals surface area contributed by atoms with Crippen molar-refractivity contribution in [2.24, 2.45) is 5.41 Å². The van der Waals surface area contributed by atoms with Crippen LogP contribution in [0.1, 0.15) is 38.9 Å². The number of hydrogen-bond donors (Lipinski definition) is 2. The number of aromatic amines is 1. The molecule has 5 heteroatoms. The van der Waals surface area contributed by atoms with E-state index in [4.69, 9.17) is 0 Å². The molecular weight excluding hydrogens is 232 g/mol. The molecule has 0 aromatic carbocycles. The van der Waals surface area contributed by atoms with Gasteiger partial charge in [0.15, 0.2) is 0 Å². The smallest absolute Gasteiger partial charge is 0.208 e. The van der Waals surface area contributed by atoms with E-state index in [9.17, 15) is 0 Å². The maximum absolute atomic E-state index is 4.39. The van der Waals surface area contributed by atoms with Gasteiger partial charge in [-0.3, -0.25) is 5.10 Å². The van der Waals surface area contributed by atoms with E-state index in [1.54, 1.807) is 11.8 Å². The van der Waals surface area contributed by atoms with E-state index in [2.05, 4.69) is 41.4 Å². The molecule has 2 atom stereocenters. The van der Waals surface area contributed by atoms with Crippen molar-refractivity contribution in [3.8, 4) is 0 Å². The molecule has 1 aliphatic carbocycles. The van der Waals surface area contributed by atoms with Gasteiger partial charge in [0.05, 0.1) is 0 Å². The first-order valence-corrected chi connectivity index (χ1v) is 7.11. The van der Waals surface area contributed by atoms with E-state index < -0.39 is 0 Å². The number of nitrogens with one attached hydrogen (secondary N) is 2. The zero-order chi connectivity index (χ0) is 12.5. The van der Waals surface area contributed by atoms with Crippen molar-refractivity contribution in [2.45, 2.75) is 56.5 Å². The van der Waals surface area contributed by atoms with E-state index in [1.165, 1.54) is 19.3 Å². The second-order valence-electron chi connectivity index (χ2n) is 5.66. The summed E-state index contributed by atoms with van der Waals surface area (Å²) >= 11 is 1.80. The Balaban J connectivity index is 2.05. The fourth-order valence-electron chi connectivity index (χ4n) is 2.49. The van der Waals surface area contributed by atoms with Crippen LogP contribution in [-0.2, 0) is 0 Å². The van der Waals surface area contributed by atoms with Gasteiger partial charge >= 0.3 is 0 Å². The summed E-state index contributed by atoms with van der Waals surface area (Å²) < 4.78 is 0. The van der Waals surface area contributed by atoms with E-state index in [-0.39, 0.29) is 0 Å². The van der Waals surface area contributed by atoms with Crippen molar-refractivity contribution < 1.29 is 0 Å². The largest absolute Gasteiger partial charge is 0.316 e. The van der Waals surface area contributed by atoms with Gasteiger partial charge in [-0.25, -0.2) is 4.98 Å². The predicted molar refractivity (Wildman–Crippen MR) is 71.2 cm³/mol. The molecule has 1 saturated carbocycles. The highest BCUT2D eigenvalue weighted by atomic mass is 32.2. The average molecular weight is 254 g/mol. The van der Waals surface area contributed by atoms with E-state index >= 15 is 0 Å². The lowest BCUT2D eigenvalue weighted by Crippen LogP contribution is -2.43. The Hall–Kier alpha value is -0.550. The summed E-state index contributed by atoms with van der Waals surface area (Å²) in [4.78, 5) is 4.39. The molecule has 4 nitrogen and oxygen atoms in total. The predicted octanol–water partition coefficient (Wildman–Crippen LogP) is 2.37. The van der Waals surface area contributed by atoms with Crippen molar-refractivity contribution in [2.75, 3.05) is 7.05 Å². The molecule has 1 fully saturated rings. The molecule has 2 unspecified atom stereocenters. The molecule has 1 aliphatic rings. The van der Waals surface area contributed by atoms with Gasteiger partial charge in [0.2, 0.25) is 5.16 Å². The minimum Gasteiger partial charge on any atom is -0.316 e. The molecule has 0 bridgehead atoms. The quantitative estimate of drug-likeness (QED) is 0.869. The lowest BCUT2D eigenvalue weighted by molar-refractivity contribution is 0.218. The lowest BCUT2D eigenvalue weighted by Gasteiger charge is -2.39. The van der Waals surface area contributed by atoms with Crippen LogP contribution in [0.5, 0.6) is 0 Å². The fraction of sp³-hybridized carbons (Fsp3) is 0.833. The Morgan fingerprint density at radius 2 is 2.24 bits per heavy atom. The maximum atomic E-state index is 4.39. The number of thioether (sulfide) groups is 1. The highest BCUT2D eigenvalue weighted by Gasteiger charge is 2.35. The zero-order valence-electron chi connectivity index (χ0n) is 11.1. The molecule has 2 rings (SSSR count). The van der Waals surface area contributed by atoms with Crippen LogP contribution >= 0.6 is 11.8 Å². The third-order valence-electron chi connectivity index (χ3n) is 3.54. The number of nitrogens with zero attached hydrogens (tertiary/aromatic N) is 2. The van der Waals surface area contributed by atoms with Crippen LogP contribution in [0.15, 0.2) is 5.16 Å². The van der Waals surface area contributed by atoms with Gasteiger partial charge < -0.3 is 5.32 Å². The van der Waals surface area contributed by atoms with Crippen LogP contribution in [-0.4, -0.2) is 33.5 Å². The van der Waals surface area contributed by atoms with Crippen molar-refractivity contribution in [3.63, 3.8) is 0 Å². The Labute approximate surface area is 107 Å². The highest BCUT2D eigenvalue weighted by Crippen LogP contribution is 2.41. The molecule has 17 heavy (non-hydrogen) atoms. The van der Waals surface area contributed by atoms with Gasteiger partial charge in [0.1, 0.15) is 5.82 Å². The molecule has 0 radical (unpaired) electrons. The highest BCUT2D eigenvalue weighted by molar-refractivity contribution is 7.99. The van der Waals surface area contributed by atoms with Crippen LogP contribution in [0.2, 0.25) is 0 Å². The topological polar surface area (TPSA) is 53.6 Å². The van der Waals surface area contributed by atoms with Crippen LogP contribution in [0.4, 0.5) is 0 Å². The third-order valence-corrected chi connectivity index (χ3v) is 4.73. The molecule has 96 valence electrons. The minimum absolute atomic E-state index is 0.441. The molecule has 2 N–H and O–H groups in total. The summed E-state index contributed by atoms with van der Waals surface area (Å²) in [5.74, 6) is 0.892. The van der Waals surface area contributed by atoms with E-state index in [0.29, 0.717) is 16.7 Å². The number of aryl methyl sites for hydroxylation is 1. The Morgan fingerprint density at radius 1 is 1.47 bits per heavy atom. The van der Waals surface area contributed by atoms with E-state index in [0.717, 1.165) is 11.0 Å². The summed E-state index contributed by atoms with van der Waals surface area (Å²) in [6, 6.07) is 0.576. The van der Waals surface area contributed by atoms with Crippen LogP contribution in [0, 0.1) is 12.3 Å². The molecule has 0 saturated heterocycles. The number of rotatable bonds is 3. The Kier molecular flexibility index (Phi) is 3.78. The van der Waals surface area contributed by atoms with Gasteiger partial charge in [-0.2, -0.15) is 0 Å². The summed E-state index contributed by atoms with van der Waals surface area (Å²) in [5, 5.41) is 12.0. The fourth-order valence-corrected chi connectivity index (χ4v) is 4.02. The van der Waals surface area contributed by atoms with Gasteiger partial charge in [-0.05, 0) is 38.6 Å². The summed E-state index contributed by atoms with van der Waals surface area (Å²) in [6.07, 6.45) is 3.75. The molecule has 1 heterocycles. The maximum Gasteiger partial charge on any atom is 0.208 e. The molecular formula is C12H22N4S. The molecule has 1 aromatic rings. The number of hydrogen-bond acceptors (Lipinski definition) is 4. The first kappa shape index (κ1) is 12.9. The normalized spacial score (nSPS) is 28.2. The zero-order valence-corrected chi connectivity index (χ0v) is 11.9. The monoisotopic (exact) mass is 254 g/mol. The second kappa shape index (κ2) is 4.98. The summed E-state index contributed by atoms with van der Waals surface area (Å²) in [6.45, 7) is 6.66. The SMILES string of the molecule is CNC1CCC(C)(C)CC1Sc1n[nH]c(C)n1. The van der Waals surface area contributed by atoms with Gasteiger partial charge in [-0.1, -0.05) is 25.6 Å². The number of aromatic nitrogens is 3. The van der Waals surface area contributed by atoms with E-state index in [1.807, 2.05) is 6.92 Å².